The molecule has 1 atom stereocenters. The zero-order chi connectivity index (χ0) is 13.1. The first kappa shape index (κ1) is 12.0. The van der Waals surface area contributed by atoms with Crippen molar-refractivity contribution in [2.75, 3.05) is 6.54 Å². The number of nitrogens with one attached hydrogen (secondary N) is 1. The number of fused-ring (bicyclic) bond motifs is 1. The van der Waals surface area contributed by atoms with Gasteiger partial charge in [0.2, 0.25) is 0 Å². The number of aromatic hydroxyl groups is 1. The second-order valence-electron chi connectivity index (χ2n) is 4.69. The Hall–Kier alpha value is -2.07. The molecule has 1 unspecified atom stereocenters. The zero-order valence-corrected chi connectivity index (χ0v) is 10.5. The summed E-state index contributed by atoms with van der Waals surface area (Å²) in [4.78, 5) is 4.13. The Morgan fingerprint density at radius 3 is 2.95 bits per heavy atom. The first-order chi connectivity index (χ1) is 9.31. The fraction of sp³-hybridized carbons (Fsp3) is 0.267. The molecule has 0 aliphatic carbocycles. The van der Waals surface area contributed by atoms with Gasteiger partial charge in [-0.3, -0.25) is 4.98 Å². The van der Waals surface area contributed by atoms with E-state index in [1.807, 2.05) is 24.3 Å². The van der Waals surface area contributed by atoms with E-state index in [-0.39, 0.29) is 11.9 Å². The maximum absolute atomic E-state index is 9.15. The van der Waals surface area contributed by atoms with Crippen molar-refractivity contribution in [3.8, 4) is 11.5 Å². The molecule has 0 spiro atoms. The van der Waals surface area contributed by atoms with Gasteiger partial charge in [-0.2, -0.15) is 0 Å². The van der Waals surface area contributed by atoms with Gasteiger partial charge in [-0.25, -0.2) is 0 Å². The van der Waals surface area contributed by atoms with Gasteiger partial charge in [0.05, 0.1) is 11.9 Å². The number of hydrogen-bond acceptors (Lipinski definition) is 4. The molecule has 0 saturated carbocycles. The van der Waals surface area contributed by atoms with Crippen LogP contribution in [0.3, 0.4) is 0 Å². The van der Waals surface area contributed by atoms with E-state index in [0.717, 1.165) is 24.4 Å². The van der Waals surface area contributed by atoms with Crippen molar-refractivity contribution in [1.82, 2.24) is 10.3 Å². The Balaban J connectivity index is 1.48. The van der Waals surface area contributed by atoms with Gasteiger partial charge in [-0.15, -0.1) is 0 Å². The number of para-hydroxylation sites is 1. The Morgan fingerprint density at radius 1 is 1.26 bits per heavy atom. The van der Waals surface area contributed by atoms with E-state index in [1.54, 1.807) is 6.07 Å². The van der Waals surface area contributed by atoms with E-state index in [1.165, 1.54) is 11.8 Å². The maximum Gasteiger partial charge on any atom is 0.133 e. The van der Waals surface area contributed by atoms with Gasteiger partial charge >= 0.3 is 0 Å². The molecule has 0 radical (unpaired) electrons. The molecule has 4 heteroatoms. The van der Waals surface area contributed by atoms with E-state index in [0.29, 0.717) is 6.54 Å². The second kappa shape index (κ2) is 5.28. The van der Waals surface area contributed by atoms with Crippen molar-refractivity contribution in [2.24, 2.45) is 0 Å². The van der Waals surface area contributed by atoms with Gasteiger partial charge in [0.15, 0.2) is 0 Å². The molecule has 2 N–H and O–H groups in total. The summed E-state index contributed by atoms with van der Waals surface area (Å²) >= 11 is 0. The van der Waals surface area contributed by atoms with Gasteiger partial charge < -0.3 is 15.2 Å². The van der Waals surface area contributed by atoms with Gasteiger partial charge in [0, 0.05) is 19.5 Å². The van der Waals surface area contributed by atoms with E-state index in [9.17, 15) is 0 Å². The third kappa shape index (κ3) is 2.85. The first-order valence-electron chi connectivity index (χ1n) is 6.40. The van der Waals surface area contributed by atoms with Crippen LogP contribution < -0.4 is 10.1 Å². The van der Waals surface area contributed by atoms with Crippen LogP contribution in [0, 0.1) is 0 Å². The average molecular weight is 256 g/mol. The van der Waals surface area contributed by atoms with Crippen molar-refractivity contribution in [3.63, 3.8) is 0 Å². The Morgan fingerprint density at radius 2 is 2.16 bits per heavy atom. The van der Waals surface area contributed by atoms with E-state index >= 15 is 0 Å². The number of benzene rings is 1. The predicted octanol–water partition coefficient (Wildman–Crippen LogP) is 1.88. The van der Waals surface area contributed by atoms with Gasteiger partial charge in [-0.05, 0) is 23.8 Å². The molecule has 1 aliphatic heterocycles. The third-order valence-corrected chi connectivity index (χ3v) is 3.20. The monoisotopic (exact) mass is 256 g/mol. The number of rotatable bonds is 4. The summed E-state index contributed by atoms with van der Waals surface area (Å²) in [7, 11) is 0. The van der Waals surface area contributed by atoms with E-state index < -0.39 is 0 Å². The minimum Gasteiger partial charge on any atom is -0.506 e. The number of aromatic nitrogens is 1. The SMILES string of the molecule is Oc1ccc(CNCC2Cc3ccccc3O2)nc1. The second-order valence-corrected chi connectivity index (χ2v) is 4.69. The summed E-state index contributed by atoms with van der Waals surface area (Å²) < 4.78 is 5.84. The lowest BCUT2D eigenvalue weighted by molar-refractivity contribution is 0.227. The molecular weight excluding hydrogens is 240 g/mol. The van der Waals surface area contributed by atoms with Gasteiger partial charge in [-0.1, -0.05) is 18.2 Å². The number of hydrogen-bond donors (Lipinski definition) is 2. The Kier molecular flexibility index (Phi) is 3.33. The third-order valence-electron chi connectivity index (χ3n) is 3.20. The number of ether oxygens (including phenoxy) is 1. The summed E-state index contributed by atoms with van der Waals surface area (Å²) in [5.41, 5.74) is 2.19. The fourth-order valence-electron chi connectivity index (χ4n) is 2.25. The highest BCUT2D eigenvalue weighted by molar-refractivity contribution is 5.37. The highest BCUT2D eigenvalue weighted by Crippen LogP contribution is 2.27. The Bertz CT molecular complexity index is 529. The highest BCUT2D eigenvalue weighted by Gasteiger charge is 2.21. The van der Waals surface area contributed by atoms with Crippen molar-refractivity contribution >= 4 is 0 Å². The topological polar surface area (TPSA) is 54.4 Å². The molecule has 0 bridgehead atoms. The van der Waals surface area contributed by atoms with E-state index in [4.69, 9.17) is 9.84 Å². The fourth-order valence-corrected chi connectivity index (χ4v) is 2.25. The van der Waals surface area contributed by atoms with Crippen LogP contribution in [-0.4, -0.2) is 22.7 Å². The van der Waals surface area contributed by atoms with Crippen LogP contribution in [0.5, 0.6) is 11.5 Å². The molecule has 4 nitrogen and oxygen atoms in total. The largest absolute Gasteiger partial charge is 0.506 e. The van der Waals surface area contributed by atoms with Gasteiger partial charge in [0.1, 0.15) is 17.6 Å². The van der Waals surface area contributed by atoms with Crippen LogP contribution in [0.2, 0.25) is 0 Å². The molecule has 0 saturated heterocycles. The van der Waals surface area contributed by atoms with Crippen molar-refractivity contribution in [1.29, 1.82) is 0 Å². The van der Waals surface area contributed by atoms with Crippen LogP contribution in [0.4, 0.5) is 0 Å². The van der Waals surface area contributed by atoms with Crippen LogP contribution in [0.15, 0.2) is 42.6 Å². The molecule has 3 rings (SSSR count). The summed E-state index contributed by atoms with van der Waals surface area (Å²) in [5.74, 6) is 1.19. The highest BCUT2D eigenvalue weighted by atomic mass is 16.5. The lowest BCUT2D eigenvalue weighted by atomic mass is 10.1. The van der Waals surface area contributed by atoms with Crippen molar-refractivity contribution in [3.05, 3.63) is 53.9 Å². The van der Waals surface area contributed by atoms with Gasteiger partial charge in [0.25, 0.3) is 0 Å². The lowest BCUT2D eigenvalue weighted by Gasteiger charge is -2.11. The predicted molar refractivity (Wildman–Crippen MR) is 72.2 cm³/mol. The molecule has 1 aromatic heterocycles. The molecule has 0 amide bonds. The smallest absolute Gasteiger partial charge is 0.133 e. The first-order valence-corrected chi connectivity index (χ1v) is 6.40. The number of nitrogens with zero attached hydrogens (tertiary/aromatic N) is 1. The summed E-state index contributed by atoms with van der Waals surface area (Å²) in [6.45, 7) is 1.47. The maximum atomic E-state index is 9.15. The minimum absolute atomic E-state index is 0.189. The minimum atomic E-state index is 0.189. The summed E-state index contributed by atoms with van der Waals surface area (Å²) in [6.07, 6.45) is 2.60. The molecule has 19 heavy (non-hydrogen) atoms. The molecule has 0 fully saturated rings. The van der Waals surface area contributed by atoms with Crippen LogP contribution >= 0.6 is 0 Å². The van der Waals surface area contributed by atoms with Crippen LogP contribution in [0.25, 0.3) is 0 Å². The average Bonchev–Trinajstić information content (AvgIpc) is 2.83. The standard InChI is InChI=1S/C15H16N2O2/c18-13-6-5-12(17-9-13)8-16-10-14-7-11-3-1-2-4-15(11)19-14/h1-6,9,14,16,18H,7-8,10H2. The lowest BCUT2D eigenvalue weighted by Crippen LogP contribution is -2.29. The summed E-state index contributed by atoms with van der Waals surface area (Å²) in [6, 6.07) is 11.6. The van der Waals surface area contributed by atoms with Crippen LogP contribution in [0.1, 0.15) is 11.3 Å². The quantitative estimate of drug-likeness (QED) is 0.877. The van der Waals surface area contributed by atoms with Crippen LogP contribution in [-0.2, 0) is 13.0 Å². The van der Waals surface area contributed by atoms with Crippen molar-refractivity contribution < 1.29 is 9.84 Å². The van der Waals surface area contributed by atoms with Crippen molar-refractivity contribution in [2.45, 2.75) is 19.1 Å². The molecule has 98 valence electrons. The summed E-state index contributed by atoms with van der Waals surface area (Å²) in [5, 5.41) is 12.5. The zero-order valence-electron chi connectivity index (χ0n) is 10.5. The molecule has 1 aromatic carbocycles. The molecule has 1 aliphatic rings. The molecule has 2 aromatic rings. The molecule has 2 heterocycles. The number of pyridine rings is 1. The molecular formula is C15H16N2O2. The normalized spacial score (nSPS) is 16.9. The Labute approximate surface area is 112 Å². The van der Waals surface area contributed by atoms with E-state index in [2.05, 4.69) is 16.4 Å².